The van der Waals surface area contributed by atoms with E-state index < -0.39 is 74.0 Å². The Morgan fingerprint density at radius 2 is 0.596 bits per heavy atom. The van der Waals surface area contributed by atoms with Crippen molar-refractivity contribution >= 4 is 41.5 Å². The highest BCUT2D eigenvalue weighted by molar-refractivity contribution is 5.82. The van der Waals surface area contributed by atoms with Crippen molar-refractivity contribution in [3.8, 4) is 0 Å². The van der Waals surface area contributed by atoms with E-state index in [-0.39, 0.29) is 275 Å². The second-order valence-corrected chi connectivity index (χ2v) is 25.2. The van der Waals surface area contributed by atoms with Gasteiger partial charge in [-0.25, -0.2) is 0 Å². The summed E-state index contributed by atoms with van der Waals surface area (Å²) in [5, 5.41) is 9.93. The Balaban J connectivity index is 0.0000333. The summed E-state index contributed by atoms with van der Waals surface area (Å²) in [7, 11) is 0. The molecule has 578 valence electrons. The first-order valence-electron chi connectivity index (χ1n) is 34.3. The molecule has 3 aliphatic rings. The van der Waals surface area contributed by atoms with Gasteiger partial charge in [-0.15, -0.1) is 0 Å². The maximum absolute atomic E-state index is 13.9. The molecule has 3 aliphatic heterocycles. The molecule has 0 spiro atoms. The average molecular weight is 1440 g/mol. The van der Waals surface area contributed by atoms with Crippen LogP contribution in [0.25, 0.3) is 0 Å². The van der Waals surface area contributed by atoms with Gasteiger partial charge >= 0.3 is 30.0 Å². The smallest absolute Gasteiger partial charge is 0.463 e. The van der Waals surface area contributed by atoms with E-state index >= 15 is 0 Å². The van der Waals surface area contributed by atoms with Gasteiger partial charge in [0, 0.05) is 77.4 Å². The SMILES string of the molecule is C.CC(=O)OCC1OC(OCCOCCOCCNC(=O)CCOCC(COCCC(=O)NCCOCCOCCOC2OC(COC(C)=O)C(C)C(C)C2C)(COCCC(=O)NCCOCCOCCOC2OC(COC(C)=O)C(C)C(C)C2C)NC(=O)C(F)(F)F)C(C)C(C)C1C. The van der Waals surface area contributed by atoms with Gasteiger partial charge in [-0.3, -0.25) is 33.6 Å². The predicted octanol–water partition coefficient (Wildman–Crippen LogP) is 4.35. The van der Waals surface area contributed by atoms with Crippen LogP contribution >= 0.6 is 0 Å². The van der Waals surface area contributed by atoms with Crippen LogP contribution in [-0.4, -0.2) is 269 Å². The lowest BCUT2D eigenvalue weighted by atomic mass is 9.79. The van der Waals surface area contributed by atoms with Gasteiger partial charge in [-0.1, -0.05) is 69.7 Å². The summed E-state index contributed by atoms with van der Waals surface area (Å²) < 4.78 is 144. The topological polar surface area (TPSA) is 334 Å². The second-order valence-electron chi connectivity index (χ2n) is 25.2. The predicted molar refractivity (Wildman–Crippen MR) is 350 cm³/mol. The number of ether oxygens (including phenoxy) is 18. The second kappa shape index (κ2) is 50.8. The van der Waals surface area contributed by atoms with Crippen molar-refractivity contribution < 1.29 is 132 Å². The third-order valence-electron chi connectivity index (χ3n) is 17.8. The maximum atomic E-state index is 13.9. The van der Waals surface area contributed by atoms with Crippen molar-refractivity contribution in [2.75, 3.05) is 178 Å². The van der Waals surface area contributed by atoms with Gasteiger partial charge in [0.15, 0.2) is 18.9 Å². The molecule has 32 heteroatoms. The summed E-state index contributed by atoms with van der Waals surface area (Å²) in [5.41, 5.74) is -2.03. The zero-order chi connectivity index (χ0) is 72.5. The number of carbonyl (C=O) groups is 7. The van der Waals surface area contributed by atoms with Crippen molar-refractivity contribution in [3.05, 3.63) is 0 Å². The molecule has 99 heavy (non-hydrogen) atoms. The van der Waals surface area contributed by atoms with Crippen LogP contribution in [0.4, 0.5) is 13.2 Å². The first-order valence-corrected chi connectivity index (χ1v) is 34.3. The van der Waals surface area contributed by atoms with Gasteiger partial charge in [0.1, 0.15) is 25.4 Å². The van der Waals surface area contributed by atoms with E-state index in [2.05, 4.69) is 57.5 Å². The summed E-state index contributed by atoms with van der Waals surface area (Å²) in [6, 6.07) is 0. The molecule has 3 fully saturated rings. The number of hydrogen-bond donors (Lipinski definition) is 4. The number of hydrogen-bond acceptors (Lipinski definition) is 25. The number of amides is 4. The third-order valence-corrected chi connectivity index (χ3v) is 17.8. The van der Waals surface area contributed by atoms with E-state index in [0.29, 0.717) is 0 Å². The number of halogens is 3. The fourth-order valence-corrected chi connectivity index (χ4v) is 10.7. The summed E-state index contributed by atoms with van der Waals surface area (Å²) >= 11 is 0. The molecule has 3 heterocycles. The normalized spacial score (nSPS) is 26.1. The molecule has 15 unspecified atom stereocenters. The maximum Gasteiger partial charge on any atom is 0.471 e. The van der Waals surface area contributed by atoms with Crippen LogP contribution in [0, 0.1) is 53.3 Å². The quantitative estimate of drug-likeness (QED) is 0.0374. The third kappa shape index (κ3) is 37.5. The van der Waals surface area contributed by atoms with Crippen LogP contribution in [0.3, 0.4) is 0 Å². The van der Waals surface area contributed by atoms with E-state index in [1.165, 1.54) is 20.8 Å². The molecule has 3 rings (SSSR count). The van der Waals surface area contributed by atoms with Crippen LogP contribution in [-0.2, 0) is 119 Å². The standard InChI is InChI=1S/C66H115F3N4O25.CH4/c1-43-46(4)55(37-93-52(10)74)96-61(49(43)7)90-34-31-84-28-25-81-22-16-70-58(77)13-19-87-40-65(73-64(80)66(67,68)69,41-88-20-14-59(78)71-17-23-82-26-29-85-32-35-91-62-50(8)44(2)47(5)56(97-62)38-94-53(11)75)42-89-21-15-60(79)72-18-24-83-27-30-86-33-36-92-63-51(9)45(3)48(6)57(98-63)39-95-54(12)76;/h43-51,55-57,61-63H,13-42H2,1-12H3,(H,70,77)(H,71,78)(H,72,79)(H,73,80);1H4. The minimum absolute atomic E-state index is 0. The molecular weight excluding hydrogens is 1320 g/mol. The minimum atomic E-state index is -5.35. The molecule has 3 saturated heterocycles. The summed E-state index contributed by atoms with van der Waals surface area (Å²) in [6.45, 7) is 24.0. The molecule has 15 atom stereocenters. The fourth-order valence-electron chi connectivity index (χ4n) is 10.7. The van der Waals surface area contributed by atoms with Crippen LogP contribution in [0.5, 0.6) is 0 Å². The molecule has 0 radical (unpaired) electrons. The monoisotopic (exact) mass is 1440 g/mol. The van der Waals surface area contributed by atoms with Gasteiger partial charge in [0.25, 0.3) is 0 Å². The van der Waals surface area contributed by atoms with E-state index in [9.17, 15) is 46.7 Å². The Kier molecular flexibility index (Phi) is 46.4. The van der Waals surface area contributed by atoms with Crippen LogP contribution < -0.4 is 21.3 Å². The van der Waals surface area contributed by atoms with Gasteiger partial charge in [-0.2, -0.15) is 13.2 Å². The van der Waals surface area contributed by atoms with Crippen LogP contribution in [0.15, 0.2) is 0 Å². The zero-order valence-electron chi connectivity index (χ0n) is 59.7. The van der Waals surface area contributed by atoms with Gasteiger partial charge in [0.2, 0.25) is 17.7 Å². The van der Waals surface area contributed by atoms with Crippen molar-refractivity contribution in [2.24, 2.45) is 53.3 Å². The number of esters is 3. The largest absolute Gasteiger partial charge is 0.471 e. The Bertz CT molecular complexity index is 2050. The van der Waals surface area contributed by atoms with E-state index in [0.717, 1.165) is 0 Å². The Morgan fingerprint density at radius 3 is 0.848 bits per heavy atom. The van der Waals surface area contributed by atoms with Gasteiger partial charge < -0.3 is 107 Å². The van der Waals surface area contributed by atoms with E-state index in [1.807, 2.05) is 26.1 Å². The number of nitrogens with one attached hydrogen (secondary N) is 4. The molecule has 0 aromatic carbocycles. The lowest BCUT2D eigenvalue weighted by Gasteiger charge is -2.43. The molecule has 4 amide bonds. The Labute approximate surface area is 583 Å². The number of rotatable bonds is 52. The first-order chi connectivity index (χ1) is 46.7. The van der Waals surface area contributed by atoms with Crippen molar-refractivity contribution in [1.82, 2.24) is 21.3 Å². The van der Waals surface area contributed by atoms with E-state index in [4.69, 9.17) is 85.3 Å². The highest BCUT2D eigenvalue weighted by Gasteiger charge is 2.46. The average Bonchev–Trinajstić information content (AvgIpc) is 0.843. The van der Waals surface area contributed by atoms with Crippen molar-refractivity contribution in [3.63, 3.8) is 0 Å². The summed E-state index contributed by atoms with van der Waals surface area (Å²) in [6.07, 6.45) is -8.38. The van der Waals surface area contributed by atoms with E-state index in [1.54, 1.807) is 0 Å². The van der Waals surface area contributed by atoms with Gasteiger partial charge in [-0.05, 0) is 35.5 Å². The zero-order valence-corrected chi connectivity index (χ0v) is 59.7. The molecule has 0 saturated carbocycles. The molecule has 0 aromatic rings. The molecule has 4 N–H and O–H groups in total. The Hall–Kier alpha value is -4.52. The Morgan fingerprint density at radius 1 is 0.343 bits per heavy atom. The molecule has 0 aromatic heterocycles. The fraction of sp³-hybridized carbons (Fsp3) is 0.896. The molecule has 0 bridgehead atoms. The van der Waals surface area contributed by atoms with Crippen LogP contribution in [0.2, 0.25) is 0 Å². The van der Waals surface area contributed by atoms with Gasteiger partial charge in [0.05, 0.1) is 157 Å². The minimum Gasteiger partial charge on any atom is -0.463 e. The molecule has 29 nitrogen and oxygen atoms in total. The van der Waals surface area contributed by atoms with Crippen LogP contribution in [0.1, 0.15) is 110 Å². The summed E-state index contributed by atoms with van der Waals surface area (Å²) in [5.74, 6) is -3.28. The van der Waals surface area contributed by atoms with Crippen molar-refractivity contribution in [2.45, 2.75) is 159 Å². The highest BCUT2D eigenvalue weighted by atomic mass is 19.4. The number of carbonyl (C=O) groups excluding carboxylic acids is 7. The highest BCUT2D eigenvalue weighted by Crippen LogP contribution is 2.38. The molecule has 0 aliphatic carbocycles. The number of alkyl halides is 3. The first kappa shape index (κ1) is 90.6. The summed E-state index contributed by atoms with van der Waals surface area (Å²) in [4.78, 5) is 84.9. The lowest BCUT2D eigenvalue weighted by Crippen LogP contribution is -2.61. The van der Waals surface area contributed by atoms with Crippen molar-refractivity contribution in [1.29, 1.82) is 0 Å². The lowest BCUT2D eigenvalue weighted by molar-refractivity contribution is -0.258. The molecular formula is C67H119F3N4O25.